The number of pyridine rings is 1. The highest BCUT2D eigenvalue weighted by atomic mass is 32.1. The number of nitrogens with zero attached hydrogens (tertiary/aromatic N) is 5. The van der Waals surface area contributed by atoms with E-state index in [1.165, 1.54) is 11.3 Å². The van der Waals surface area contributed by atoms with Gasteiger partial charge in [0.1, 0.15) is 5.82 Å². The molecule has 0 radical (unpaired) electrons. The van der Waals surface area contributed by atoms with Gasteiger partial charge < -0.3 is 14.8 Å². The fraction of sp³-hybridized carbons (Fsp3) is 0.324. The van der Waals surface area contributed by atoms with Crippen molar-refractivity contribution in [2.24, 2.45) is 5.92 Å². The van der Waals surface area contributed by atoms with Gasteiger partial charge in [0.25, 0.3) is 5.91 Å². The maximum Gasteiger partial charge on any atom is 0.257 e. The number of amides is 1. The van der Waals surface area contributed by atoms with Gasteiger partial charge in [-0.15, -0.1) is 0 Å². The van der Waals surface area contributed by atoms with Crippen LogP contribution in [0.15, 0.2) is 60.8 Å². The van der Waals surface area contributed by atoms with Crippen LogP contribution in [0.5, 0.6) is 0 Å². The number of carbonyl (C=O) groups is 2. The number of para-hydroxylation sites is 1. The van der Waals surface area contributed by atoms with Crippen LogP contribution in [0, 0.1) is 12.8 Å². The van der Waals surface area contributed by atoms with Gasteiger partial charge in [-0.2, -0.15) is 5.10 Å². The van der Waals surface area contributed by atoms with Crippen molar-refractivity contribution in [3.63, 3.8) is 0 Å². The lowest BCUT2D eigenvalue weighted by Gasteiger charge is -2.31. The molecule has 0 unspecified atom stereocenters. The molecule has 0 saturated heterocycles. The van der Waals surface area contributed by atoms with E-state index < -0.39 is 11.9 Å². The number of alkyl halides is 2. The van der Waals surface area contributed by atoms with E-state index in [9.17, 15) is 23.5 Å². The third kappa shape index (κ3) is 5.84. The van der Waals surface area contributed by atoms with E-state index in [0.29, 0.717) is 66.5 Å². The fourth-order valence-corrected chi connectivity index (χ4v) is 7.36. The van der Waals surface area contributed by atoms with Crippen molar-refractivity contribution in [2.75, 3.05) is 16.8 Å². The number of aromatic nitrogens is 4. The van der Waals surface area contributed by atoms with Crippen molar-refractivity contribution in [1.82, 2.24) is 19.7 Å². The second-order valence-corrected chi connectivity index (χ2v) is 13.1. The van der Waals surface area contributed by atoms with E-state index >= 15 is 0 Å². The predicted octanol–water partition coefficient (Wildman–Crippen LogP) is 5.87. The topological polar surface area (TPSA) is 116 Å². The molecule has 0 atom stereocenters. The van der Waals surface area contributed by atoms with Gasteiger partial charge in [0.15, 0.2) is 5.13 Å². The fourth-order valence-electron chi connectivity index (χ4n) is 6.50. The number of carboxylic acid groups (broad SMARTS) is 1. The summed E-state index contributed by atoms with van der Waals surface area (Å²) in [6, 6.07) is 16.8. The molecular formula is C34H31F2N6O3S-. The number of fused-ring (bicyclic) bond motifs is 2. The Labute approximate surface area is 267 Å². The first-order chi connectivity index (χ1) is 22.1. The van der Waals surface area contributed by atoms with Crippen LogP contribution in [-0.4, -0.2) is 44.1 Å². The zero-order valence-corrected chi connectivity index (χ0v) is 25.9. The van der Waals surface area contributed by atoms with Crippen LogP contribution in [0.2, 0.25) is 0 Å². The summed E-state index contributed by atoms with van der Waals surface area (Å²) in [6.45, 7) is 3.30. The molecule has 1 saturated carbocycles. The van der Waals surface area contributed by atoms with E-state index in [4.69, 9.17) is 0 Å². The Hall–Kier alpha value is -4.71. The quantitative estimate of drug-likeness (QED) is 0.236. The molecule has 1 aliphatic heterocycles. The van der Waals surface area contributed by atoms with Crippen molar-refractivity contribution < 1.29 is 23.5 Å². The summed E-state index contributed by atoms with van der Waals surface area (Å²) < 4.78 is 30.0. The van der Waals surface area contributed by atoms with Gasteiger partial charge >= 0.3 is 0 Å². The number of nitrogens with one attached hydrogen (secondary N) is 1. The van der Waals surface area contributed by atoms with Gasteiger partial charge in [-0.05, 0) is 73.6 Å². The van der Waals surface area contributed by atoms with Crippen molar-refractivity contribution in [3.8, 4) is 11.1 Å². The maximum atomic E-state index is 13.6. The summed E-state index contributed by atoms with van der Waals surface area (Å²) >= 11 is 1.41. The number of thiazole rings is 1. The van der Waals surface area contributed by atoms with E-state index in [0.717, 1.165) is 27.0 Å². The molecule has 1 aliphatic carbocycles. The number of rotatable bonds is 7. The first-order valence-corrected chi connectivity index (χ1v) is 16.1. The Balaban J connectivity index is 1.12. The number of carbonyl (C=O) groups excluding carboxylic acids is 2. The minimum atomic E-state index is -2.60. The Kier molecular flexibility index (Phi) is 7.75. The third-order valence-corrected chi connectivity index (χ3v) is 10.0. The molecule has 4 heterocycles. The molecule has 1 amide bonds. The van der Waals surface area contributed by atoms with Crippen LogP contribution < -0.4 is 15.3 Å². The number of halogens is 2. The van der Waals surface area contributed by atoms with Gasteiger partial charge in [0, 0.05) is 54.9 Å². The van der Waals surface area contributed by atoms with Crippen molar-refractivity contribution >= 4 is 44.4 Å². The number of benzene rings is 2. The Morgan fingerprint density at radius 2 is 1.85 bits per heavy atom. The molecule has 3 aromatic heterocycles. The zero-order chi connectivity index (χ0) is 32.0. The van der Waals surface area contributed by atoms with E-state index in [1.807, 2.05) is 48.2 Å². The summed E-state index contributed by atoms with van der Waals surface area (Å²) in [5.41, 5.74) is 4.79. The standard InChI is InChI=1S/C34H32F2N6O3S/c1-20-25(17-37-42(20)18-21-11-14-34(35,36)15-12-21)23-9-10-29(39-30(23)32(44)45)41-16-13-22-5-4-6-24(26(22)19-41)31(43)40-33-38-27-7-2-3-8-28(27)46-33/h2-10,17,21H,11-16,18-19H2,1H3,(H,44,45)(H,38,40,43)/p-1. The van der Waals surface area contributed by atoms with E-state index in [1.54, 1.807) is 29.1 Å². The highest BCUT2D eigenvalue weighted by Gasteiger charge is 2.35. The number of hydrogen-bond donors (Lipinski definition) is 1. The zero-order valence-electron chi connectivity index (χ0n) is 25.1. The van der Waals surface area contributed by atoms with Gasteiger partial charge in [-0.25, -0.2) is 18.7 Å². The van der Waals surface area contributed by atoms with E-state index in [-0.39, 0.29) is 30.4 Å². The highest BCUT2D eigenvalue weighted by Crippen LogP contribution is 2.38. The third-order valence-electron chi connectivity index (χ3n) is 9.09. The van der Waals surface area contributed by atoms with Crippen LogP contribution in [0.3, 0.4) is 0 Å². The Bertz CT molecular complexity index is 1930. The molecular weight excluding hydrogens is 610 g/mol. The first kappa shape index (κ1) is 30.0. The minimum absolute atomic E-state index is 0.0855. The monoisotopic (exact) mass is 641 g/mol. The smallest absolute Gasteiger partial charge is 0.257 e. The van der Waals surface area contributed by atoms with Crippen LogP contribution in [0.4, 0.5) is 19.7 Å². The molecule has 0 bridgehead atoms. The van der Waals surface area contributed by atoms with E-state index in [2.05, 4.69) is 20.4 Å². The predicted molar refractivity (Wildman–Crippen MR) is 170 cm³/mol. The van der Waals surface area contributed by atoms with Gasteiger partial charge in [0.05, 0.1) is 28.1 Å². The number of carboxylic acids is 1. The summed E-state index contributed by atoms with van der Waals surface area (Å²) in [5.74, 6) is -3.72. The second kappa shape index (κ2) is 11.9. The minimum Gasteiger partial charge on any atom is -0.543 e. The number of hydrogen-bond acceptors (Lipinski definition) is 8. The van der Waals surface area contributed by atoms with Gasteiger partial charge in [0.2, 0.25) is 5.92 Å². The first-order valence-electron chi connectivity index (χ1n) is 15.3. The van der Waals surface area contributed by atoms with Crippen LogP contribution in [0.25, 0.3) is 21.3 Å². The lowest BCUT2D eigenvalue weighted by molar-refractivity contribution is -0.255. The van der Waals surface area contributed by atoms with Crippen LogP contribution in [0.1, 0.15) is 63.4 Å². The molecule has 12 heteroatoms. The average molecular weight is 642 g/mol. The Morgan fingerprint density at radius 1 is 1.04 bits per heavy atom. The van der Waals surface area contributed by atoms with Crippen molar-refractivity contribution in [2.45, 2.75) is 58.0 Å². The van der Waals surface area contributed by atoms with Crippen molar-refractivity contribution in [3.05, 3.63) is 88.9 Å². The largest absolute Gasteiger partial charge is 0.543 e. The van der Waals surface area contributed by atoms with Crippen LogP contribution in [-0.2, 0) is 19.5 Å². The summed E-state index contributed by atoms with van der Waals surface area (Å²) in [6.07, 6.45) is 2.85. The molecule has 2 aromatic carbocycles. The second-order valence-electron chi connectivity index (χ2n) is 12.0. The molecule has 7 rings (SSSR count). The lowest BCUT2D eigenvalue weighted by atomic mass is 9.87. The molecule has 2 aliphatic rings. The Morgan fingerprint density at radius 3 is 2.63 bits per heavy atom. The van der Waals surface area contributed by atoms with Gasteiger partial charge in [-0.3, -0.25) is 14.8 Å². The summed E-state index contributed by atoms with van der Waals surface area (Å²) in [5, 5.41) is 20.3. The molecule has 46 heavy (non-hydrogen) atoms. The van der Waals surface area contributed by atoms with Gasteiger partial charge in [-0.1, -0.05) is 35.6 Å². The lowest BCUT2D eigenvalue weighted by Crippen LogP contribution is -2.34. The summed E-state index contributed by atoms with van der Waals surface area (Å²) in [4.78, 5) is 36.8. The molecule has 5 aromatic rings. The SMILES string of the molecule is Cc1c(-c2ccc(N3CCc4cccc(C(=O)Nc5nc6ccccc6s5)c4C3)nc2C(=O)[O-])cnn1CC1CCC(F)(F)CC1. The molecule has 1 fully saturated rings. The van der Waals surface area contributed by atoms with Crippen LogP contribution >= 0.6 is 11.3 Å². The number of anilines is 2. The molecule has 0 spiro atoms. The molecule has 236 valence electrons. The highest BCUT2D eigenvalue weighted by molar-refractivity contribution is 7.22. The molecule has 9 nitrogen and oxygen atoms in total. The maximum absolute atomic E-state index is 13.6. The molecule has 1 N–H and O–H groups in total. The normalized spacial score (nSPS) is 16.4. The summed E-state index contributed by atoms with van der Waals surface area (Å²) in [7, 11) is 0. The number of aromatic carboxylic acids is 1. The van der Waals surface area contributed by atoms with Crippen molar-refractivity contribution in [1.29, 1.82) is 0 Å². The average Bonchev–Trinajstić information content (AvgIpc) is 3.63.